The van der Waals surface area contributed by atoms with Crippen molar-refractivity contribution in [3.63, 3.8) is 0 Å². The van der Waals surface area contributed by atoms with Gasteiger partial charge in [-0.2, -0.15) is 0 Å². The normalized spacial score (nSPS) is 15.5. The molecule has 0 rings (SSSR count). The molecule has 0 bridgehead atoms. The predicted molar refractivity (Wildman–Crippen MR) is 51.5 cm³/mol. The van der Waals surface area contributed by atoms with E-state index in [-0.39, 0.29) is 17.8 Å². The summed E-state index contributed by atoms with van der Waals surface area (Å²) in [5.74, 6) is -0.878. The summed E-state index contributed by atoms with van der Waals surface area (Å²) in [7, 11) is 0. The molecule has 0 aromatic carbocycles. The molecule has 78 valence electrons. The Morgan fingerprint density at radius 2 is 1.69 bits per heavy atom. The number of aliphatic carboxylic acids is 1. The van der Waals surface area contributed by atoms with Gasteiger partial charge in [-0.15, -0.1) is 0 Å². The standard InChI is InChI=1S/C10H20O3/c1-7(10(4,5)13)9(2,3)6-8(11)12/h7,13H,6H2,1-5H3,(H,11,12). The van der Waals surface area contributed by atoms with E-state index in [0.717, 1.165) is 0 Å². The van der Waals surface area contributed by atoms with Gasteiger partial charge in [0.05, 0.1) is 12.0 Å². The Balaban J connectivity index is 4.54. The van der Waals surface area contributed by atoms with Crippen LogP contribution >= 0.6 is 0 Å². The Kier molecular flexibility index (Phi) is 3.50. The third kappa shape index (κ3) is 3.77. The van der Waals surface area contributed by atoms with Crippen LogP contribution in [-0.4, -0.2) is 21.8 Å². The molecule has 3 nitrogen and oxygen atoms in total. The zero-order valence-corrected chi connectivity index (χ0v) is 9.09. The van der Waals surface area contributed by atoms with Crippen molar-refractivity contribution in [1.29, 1.82) is 0 Å². The van der Waals surface area contributed by atoms with E-state index < -0.39 is 11.6 Å². The van der Waals surface area contributed by atoms with E-state index in [1.54, 1.807) is 13.8 Å². The molecule has 0 spiro atoms. The van der Waals surface area contributed by atoms with Gasteiger partial charge >= 0.3 is 5.97 Å². The van der Waals surface area contributed by atoms with Crippen LogP contribution in [-0.2, 0) is 4.79 Å². The molecular weight excluding hydrogens is 168 g/mol. The van der Waals surface area contributed by atoms with Crippen molar-refractivity contribution in [1.82, 2.24) is 0 Å². The van der Waals surface area contributed by atoms with Crippen LogP contribution in [0.4, 0.5) is 0 Å². The van der Waals surface area contributed by atoms with Gasteiger partial charge in [-0.05, 0) is 25.2 Å². The molecule has 3 heteroatoms. The topological polar surface area (TPSA) is 57.5 Å². The zero-order chi connectivity index (χ0) is 10.9. The van der Waals surface area contributed by atoms with Gasteiger partial charge in [-0.25, -0.2) is 0 Å². The van der Waals surface area contributed by atoms with E-state index in [0.29, 0.717) is 0 Å². The molecule has 0 amide bonds. The Hall–Kier alpha value is -0.570. The molecule has 1 unspecified atom stereocenters. The molecule has 0 aliphatic heterocycles. The lowest BCUT2D eigenvalue weighted by Crippen LogP contribution is -2.40. The van der Waals surface area contributed by atoms with Crippen molar-refractivity contribution in [2.24, 2.45) is 11.3 Å². The van der Waals surface area contributed by atoms with Crippen LogP contribution in [0.5, 0.6) is 0 Å². The van der Waals surface area contributed by atoms with Gasteiger partial charge in [-0.1, -0.05) is 20.8 Å². The van der Waals surface area contributed by atoms with Crippen molar-refractivity contribution >= 4 is 5.97 Å². The van der Waals surface area contributed by atoms with E-state index in [2.05, 4.69) is 0 Å². The number of carbonyl (C=O) groups is 1. The van der Waals surface area contributed by atoms with Gasteiger partial charge in [0.1, 0.15) is 0 Å². The maximum Gasteiger partial charge on any atom is 0.303 e. The van der Waals surface area contributed by atoms with Gasteiger partial charge in [0, 0.05) is 0 Å². The first-order chi connectivity index (χ1) is 5.57. The average Bonchev–Trinajstić information content (AvgIpc) is 1.80. The molecule has 0 saturated heterocycles. The Morgan fingerprint density at radius 1 is 1.31 bits per heavy atom. The van der Waals surface area contributed by atoms with Crippen molar-refractivity contribution in [3.8, 4) is 0 Å². The van der Waals surface area contributed by atoms with Crippen molar-refractivity contribution in [2.45, 2.75) is 46.6 Å². The SMILES string of the molecule is CC(C(C)(C)O)C(C)(C)CC(=O)O. The molecular formula is C10H20O3. The van der Waals surface area contributed by atoms with E-state index >= 15 is 0 Å². The molecule has 1 atom stereocenters. The van der Waals surface area contributed by atoms with Crippen LogP contribution in [0.3, 0.4) is 0 Å². The highest BCUT2D eigenvalue weighted by Crippen LogP contribution is 2.37. The summed E-state index contributed by atoms with van der Waals surface area (Å²) in [5.41, 5.74) is -1.22. The summed E-state index contributed by atoms with van der Waals surface area (Å²) in [6, 6.07) is 0. The minimum absolute atomic E-state index is 0.0592. The van der Waals surface area contributed by atoms with Crippen LogP contribution < -0.4 is 0 Å². The fraction of sp³-hybridized carbons (Fsp3) is 0.900. The zero-order valence-electron chi connectivity index (χ0n) is 9.09. The number of hydrogen-bond acceptors (Lipinski definition) is 2. The highest BCUT2D eigenvalue weighted by atomic mass is 16.4. The van der Waals surface area contributed by atoms with Crippen LogP contribution in [0.1, 0.15) is 41.0 Å². The van der Waals surface area contributed by atoms with Crippen LogP contribution in [0.2, 0.25) is 0 Å². The highest BCUT2D eigenvalue weighted by Gasteiger charge is 2.37. The van der Waals surface area contributed by atoms with Crippen LogP contribution in [0.15, 0.2) is 0 Å². The minimum Gasteiger partial charge on any atom is -0.481 e. The molecule has 0 aromatic rings. The third-order valence-corrected chi connectivity index (χ3v) is 2.84. The fourth-order valence-electron chi connectivity index (χ4n) is 1.50. The first-order valence-corrected chi connectivity index (χ1v) is 4.51. The van der Waals surface area contributed by atoms with Gasteiger partial charge in [-0.3, -0.25) is 4.79 Å². The minimum atomic E-state index is -0.834. The number of rotatable bonds is 4. The lowest BCUT2D eigenvalue weighted by molar-refractivity contribution is -0.141. The lowest BCUT2D eigenvalue weighted by atomic mass is 9.70. The quantitative estimate of drug-likeness (QED) is 0.708. The second-order valence-electron chi connectivity index (χ2n) is 4.93. The number of hydrogen-bond donors (Lipinski definition) is 2. The summed E-state index contributed by atoms with van der Waals surface area (Å²) in [6.45, 7) is 9.03. The summed E-state index contributed by atoms with van der Waals surface area (Å²) >= 11 is 0. The van der Waals surface area contributed by atoms with E-state index in [1.165, 1.54) is 0 Å². The van der Waals surface area contributed by atoms with Gasteiger partial charge in [0.2, 0.25) is 0 Å². The smallest absolute Gasteiger partial charge is 0.303 e. The molecule has 0 fully saturated rings. The van der Waals surface area contributed by atoms with Gasteiger partial charge in [0.15, 0.2) is 0 Å². The first kappa shape index (κ1) is 12.4. The number of aliphatic hydroxyl groups is 1. The molecule has 0 radical (unpaired) electrons. The summed E-state index contributed by atoms with van der Waals surface area (Å²) in [4.78, 5) is 10.6. The monoisotopic (exact) mass is 188 g/mol. The molecule has 13 heavy (non-hydrogen) atoms. The Bertz CT molecular complexity index is 189. The van der Waals surface area contributed by atoms with Crippen molar-refractivity contribution in [2.75, 3.05) is 0 Å². The Labute approximate surface area is 79.8 Å². The van der Waals surface area contributed by atoms with Crippen LogP contribution in [0, 0.1) is 11.3 Å². The number of carboxylic acids is 1. The molecule has 0 aliphatic rings. The molecule has 0 aromatic heterocycles. The van der Waals surface area contributed by atoms with Gasteiger partial charge in [0.25, 0.3) is 0 Å². The second-order valence-corrected chi connectivity index (χ2v) is 4.93. The fourth-order valence-corrected chi connectivity index (χ4v) is 1.50. The largest absolute Gasteiger partial charge is 0.481 e. The molecule has 0 saturated carbocycles. The van der Waals surface area contributed by atoms with Crippen LogP contribution in [0.25, 0.3) is 0 Å². The second kappa shape index (κ2) is 3.66. The lowest BCUT2D eigenvalue weighted by Gasteiger charge is -2.38. The van der Waals surface area contributed by atoms with E-state index in [9.17, 15) is 9.90 Å². The average molecular weight is 188 g/mol. The van der Waals surface area contributed by atoms with Gasteiger partial charge < -0.3 is 10.2 Å². The highest BCUT2D eigenvalue weighted by molar-refractivity contribution is 5.67. The maximum absolute atomic E-state index is 10.6. The first-order valence-electron chi connectivity index (χ1n) is 4.51. The van der Waals surface area contributed by atoms with E-state index in [4.69, 9.17) is 5.11 Å². The summed E-state index contributed by atoms with van der Waals surface area (Å²) < 4.78 is 0. The predicted octanol–water partition coefficient (Wildman–Crippen LogP) is 1.89. The van der Waals surface area contributed by atoms with E-state index in [1.807, 2.05) is 20.8 Å². The molecule has 0 heterocycles. The van der Waals surface area contributed by atoms with Crippen molar-refractivity contribution < 1.29 is 15.0 Å². The Morgan fingerprint density at radius 3 is 1.92 bits per heavy atom. The third-order valence-electron chi connectivity index (χ3n) is 2.84. The van der Waals surface area contributed by atoms with Crippen molar-refractivity contribution in [3.05, 3.63) is 0 Å². The molecule has 2 N–H and O–H groups in total. The number of carboxylic acid groups (broad SMARTS) is 1. The summed E-state index contributed by atoms with van der Waals surface area (Å²) in [5, 5.41) is 18.4. The molecule has 0 aliphatic carbocycles. The maximum atomic E-state index is 10.6. The summed E-state index contributed by atoms with van der Waals surface area (Å²) in [6.07, 6.45) is 0.0815.